The van der Waals surface area contributed by atoms with Gasteiger partial charge in [-0.05, 0) is 17.9 Å². The van der Waals surface area contributed by atoms with E-state index in [2.05, 4.69) is 17.2 Å². The Morgan fingerprint density at radius 3 is 3.05 bits per heavy atom. The van der Waals surface area contributed by atoms with E-state index in [0.717, 1.165) is 6.42 Å². The SMILES string of the molecule is COCCOCCCNC(=O)c1sccc1C#CCO. The molecule has 0 aromatic carbocycles. The maximum absolute atomic E-state index is 11.9. The molecule has 0 aliphatic rings. The lowest BCUT2D eigenvalue weighted by Crippen LogP contribution is -2.25. The Morgan fingerprint density at radius 2 is 2.30 bits per heavy atom. The number of carbonyl (C=O) groups excluding carboxylic acids is 1. The van der Waals surface area contributed by atoms with Gasteiger partial charge >= 0.3 is 0 Å². The highest BCUT2D eigenvalue weighted by atomic mass is 32.1. The molecule has 1 amide bonds. The predicted octanol–water partition coefficient (Wildman–Crippen LogP) is 0.875. The number of ether oxygens (including phenoxy) is 2. The van der Waals surface area contributed by atoms with E-state index in [-0.39, 0.29) is 12.5 Å². The van der Waals surface area contributed by atoms with Crippen LogP contribution >= 0.6 is 11.3 Å². The number of carbonyl (C=O) groups is 1. The summed E-state index contributed by atoms with van der Waals surface area (Å²) in [6.45, 7) is 2.07. The number of methoxy groups -OCH3 is 1. The molecule has 20 heavy (non-hydrogen) atoms. The van der Waals surface area contributed by atoms with E-state index in [4.69, 9.17) is 14.6 Å². The maximum atomic E-state index is 11.9. The normalized spacial score (nSPS) is 9.90. The maximum Gasteiger partial charge on any atom is 0.262 e. The second-order valence-corrected chi connectivity index (χ2v) is 4.75. The average Bonchev–Trinajstić information content (AvgIpc) is 2.92. The van der Waals surface area contributed by atoms with Crippen LogP contribution in [0.3, 0.4) is 0 Å². The molecule has 1 aromatic heterocycles. The minimum Gasteiger partial charge on any atom is -0.384 e. The van der Waals surface area contributed by atoms with E-state index in [9.17, 15) is 4.79 Å². The van der Waals surface area contributed by atoms with Gasteiger partial charge < -0.3 is 19.9 Å². The first kappa shape index (κ1) is 16.7. The third kappa shape index (κ3) is 6.17. The lowest BCUT2D eigenvalue weighted by atomic mass is 10.2. The van der Waals surface area contributed by atoms with Crippen molar-refractivity contribution in [2.45, 2.75) is 6.42 Å². The summed E-state index contributed by atoms with van der Waals surface area (Å²) in [7, 11) is 1.63. The number of thiophene rings is 1. The molecule has 0 bridgehead atoms. The zero-order valence-corrected chi connectivity index (χ0v) is 12.3. The topological polar surface area (TPSA) is 67.8 Å². The van der Waals surface area contributed by atoms with Gasteiger partial charge in [0.2, 0.25) is 0 Å². The lowest BCUT2D eigenvalue weighted by molar-refractivity contribution is 0.0688. The molecule has 0 saturated carbocycles. The van der Waals surface area contributed by atoms with Gasteiger partial charge in [-0.3, -0.25) is 4.79 Å². The van der Waals surface area contributed by atoms with Gasteiger partial charge in [-0.1, -0.05) is 11.8 Å². The van der Waals surface area contributed by atoms with Crippen molar-refractivity contribution in [3.63, 3.8) is 0 Å². The number of aliphatic hydroxyl groups excluding tert-OH is 1. The van der Waals surface area contributed by atoms with Crippen LogP contribution in [0.5, 0.6) is 0 Å². The molecule has 1 aromatic rings. The first-order valence-electron chi connectivity index (χ1n) is 6.31. The summed E-state index contributed by atoms with van der Waals surface area (Å²) in [5.74, 6) is 5.16. The molecule has 0 fully saturated rings. The monoisotopic (exact) mass is 297 g/mol. The highest BCUT2D eigenvalue weighted by Gasteiger charge is 2.10. The Labute approximate surface area is 122 Å². The Morgan fingerprint density at radius 1 is 1.45 bits per heavy atom. The fourth-order valence-electron chi connectivity index (χ4n) is 1.42. The first-order valence-corrected chi connectivity index (χ1v) is 7.19. The predicted molar refractivity (Wildman–Crippen MR) is 77.9 cm³/mol. The molecule has 2 N–H and O–H groups in total. The minimum atomic E-state index is -0.213. The third-order valence-corrected chi connectivity index (χ3v) is 3.27. The van der Waals surface area contributed by atoms with Gasteiger partial charge in [-0.2, -0.15) is 0 Å². The standard InChI is InChI=1S/C14H19NO4S/c1-18-9-10-19-8-3-6-15-14(17)13-12(4-2-7-16)5-11-20-13/h5,11,16H,3,6-10H2,1H3,(H,15,17). The van der Waals surface area contributed by atoms with Crippen LogP contribution in [-0.4, -0.2) is 51.1 Å². The van der Waals surface area contributed by atoms with Crippen molar-refractivity contribution in [3.05, 3.63) is 21.9 Å². The highest BCUT2D eigenvalue weighted by molar-refractivity contribution is 7.12. The van der Waals surface area contributed by atoms with Crippen molar-refractivity contribution >= 4 is 17.2 Å². The van der Waals surface area contributed by atoms with Gasteiger partial charge in [0.1, 0.15) is 11.5 Å². The molecule has 6 heteroatoms. The highest BCUT2D eigenvalue weighted by Crippen LogP contribution is 2.15. The summed E-state index contributed by atoms with van der Waals surface area (Å²) in [6.07, 6.45) is 0.748. The Bertz CT molecular complexity index is 461. The van der Waals surface area contributed by atoms with E-state index >= 15 is 0 Å². The molecular weight excluding hydrogens is 278 g/mol. The first-order chi connectivity index (χ1) is 9.79. The fraction of sp³-hybridized carbons (Fsp3) is 0.500. The molecular formula is C14H19NO4S. The van der Waals surface area contributed by atoms with Crippen molar-refractivity contribution < 1.29 is 19.4 Å². The quantitative estimate of drug-likeness (QED) is 0.552. The van der Waals surface area contributed by atoms with Crippen LogP contribution in [0.25, 0.3) is 0 Å². The summed E-state index contributed by atoms with van der Waals surface area (Å²) in [5, 5.41) is 13.3. The Kier molecular flexibility index (Phi) is 8.67. The summed E-state index contributed by atoms with van der Waals surface area (Å²) in [4.78, 5) is 12.5. The number of aliphatic hydroxyl groups is 1. The van der Waals surface area contributed by atoms with Gasteiger partial charge in [-0.25, -0.2) is 0 Å². The smallest absolute Gasteiger partial charge is 0.262 e. The van der Waals surface area contributed by atoms with Crippen molar-refractivity contribution in [1.29, 1.82) is 0 Å². The molecule has 110 valence electrons. The van der Waals surface area contributed by atoms with Crippen LogP contribution in [0.15, 0.2) is 11.4 Å². The summed E-state index contributed by atoms with van der Waals surface area (Å²) >= 11 is 1.34. The van der Waals surface area contributed by atoms with Gasteiger partial charge in [0.15, 0.2) is 0 Å². The van der Waals surface area contributed by atoms with Crippen LogP contribution in [0.2, 0.25) is 0 Å². The second-order valence-electron chi connectivity index (χ2n) is 3.84. The molecule has 1 rings (SSSR count). The van der Waals surface area contributed by atoms with Crippen molar-refractivity contribution in [1.82, 2.24) is 5.32 Å². The Hall–Kier alpha value is -1.39. The van der Waals surface area contributed by atoms with Crippen LogP contribution in [0.4, 0.5) is 0 Å². The molecule has 0 aliphatic carbocycles. The number of rotatable bonds is 8. The molecule has 0 saturated heterocycles. The van der Waals surface area contributed by atoms with Crippen LogP contribution in [0, 0.1) is 11.8 Å². The zero-order valence-electron chi connectivity index (χ0n) is 11.5. The molecule has 0 spiro atoms. The van der Waals surface area contributed by atoms with Crippen LogP contribution in [0.1, 0.15) is 21.7 Å². The van der Waals surface area contributed by atoms with Crippen LogP contribution in [-0.2, 0) is 9.47 Å². The number of hydrogen-bond donors (Lipinski definition) is 2. The third-order valence-electron chi connectivity index (χ3n) is 2.36. The van der Waals surface area contributed by atoms with Crippen molar-refractivity contribution in [2.24, 2.45) is 0 Å². The van der Waals surface area contributed by atoms with Gasteiger partial charge in [0, 0.05) is 25.8 Å². The van der Waals surface area contributed by atoms with E-state index in [1.807, 2.05) is 5.38 Å². The molecule has 1 heterocycles. The summed E-state index contributed by atoms with van der Waals surface area (Å²) in [6, 6.07) is 1.77. The van der Waals surface area contributed by atoms with Gasteiger partial charge in [0.25, 0.3) is 5.91 Å². The summed E-state index contributed by atoms with van der Waals surface area (Å²) in [5.41, 5.74) is 0.651. The van der Waals surface area contributed by atoms with E-state index in [1.165, 1.54) is 11.3 Å². The molecule has 0 atom stereocenters. The van der Waals surface area contributed by atoms with Crippen LogP contribution < -0.4 is 5.32 Å². The van der Waals surface area contributed by atoms with E-state index in [0.29, 0.717) is 36.8 Å². The summed E-state index contributed by atoms with van der Waals surface area (Å²) < 4.78 is 10.2. The number of nitrogens with one attached hydrogen (secondary N) is 1. The number of hydrogen-bond acceptors (Lipinski definition) is 5. The molecule has 0 unspecified atom stereocenters. The zero-order chi connectivity index (χ0) is 14.6. The lowest BCUT2D eigenvalue weighted by Gasteiger charge is -2.05. The molecule has 5 nitrogen and oxygen atoms in total. The van der Waals surface area contributed by atoms with Crippen molar-refractivity contribution in [2.75, 3.05) is 40.1 Å². The molecule has 0 aliphatic heterocycles. The van der Waals surface area contributed by atoms with Gasteiger partial charge in [-0.15, -0.1) is 11.3 Å². The van der Waals surface area contributed by atoms with Gasteiger partial charge in [0.05, 0.1) is 13.2 Å². The molecule has 0 radical (unpaired) electrons. The van der Waals surface area contributed by atoms with E-state index < -0.39 is 0 Å². The minimum absolute atomic E-state index is 0.140. The Balaban J connectivity index is 2.27. The van der Waals surface area contributed by atoms with E-state index in [1.54, 1.807) is 13.2 Å². The fourth-order valence-corrected chi connectivity index (χ4v) is 2.18. The van der Waals surface area contributed by atoms with Crippen molar-refractivity contribution in [3.8, 4) is 11.8 Å². The number of amides is 1. The second kappa shape index (κ2) is 10.4. The largest absolute Gasteiger partial charge is 0.384 e. The average molecular weight is 297 g/mol.